The zero-order valence-electron chi connectivity index (χ0n) is 14.8. The molecule has 0 saturated carbocycles. The maximum atomic E-state index is 13.3. The summed E-state index contributed by atoms with van der Waals surface area (Å²) in [6.07, 6.45) is 1.41. The number of nitrogens with zero attached hydrogens (tertiary/aromatic N) is 1. The van der Waals surface area contributed by atoms with Crippen molar-refractivity contribution < 1.29 is 13.6 Å². The number of hydrogen-bond donors (Lipinski definition) is 3. The summed E-state index contributed by atoms with van der Waals surface area (Å²) in [4.78, 5) is 42.0. The van der Waals surface area contributed by atoms with Gasteiger partial charge in [0.2, 0.25) is 5.91 Å². The van der Waals surface area contributed by atoms with Crippen LogP contribution in [0.25, 0.3) is 0 Å². The maximum absolute atomic E-state index is 13.3. The first-order valence-corrected chi connectivity index (χ1v) is 8.65. The Labute approximate surface area is 153 Å². The fraction of sp³-hybridized carbons (Fsp3) is 0.389. The first-order valence-electron chi connectivity index (χ1n) is 8.65. The standard InChI is InChI=1S/C18H20F2N4O3/c1-10-13(17(26)23-18(27)21-10)8-16(25)24-6-2-3-12(9-24)22-11-4-5-14(19)15(20)7-11/h4-5,7,12,22H,2-3,6,8-9H2,1H3,(H2,21,23,26,27). The maximum Gasteiger partial charge on any atom is 0.325 e. The van der Waals surface area contributed by atoms with Crippen LogP contribution in [-0.4, -0.2) is 39.9 Å². The Morgan fingerprint density at radius 2 is 2.04 bits per heavy atom. The largest absolute Gasteiger partial charge is 0.380 e. The van der Waals surface area contributed by atoms with E-state index in [0.717, 1.165) is 25.0 Å². The number of halogens is 2. The van der Waals surface area contributed by atoms with Crippen molar-refractivity contribution in [3.8, 4) is 0 Å². The van der Waals surface area contributed by atoms with Crippen LogP contribution in [0.5, 0.6) is 0 Å². The SMILES string of the molecule is Cc1[nH]c(=O)[nH]c(=O)c1CC(=O)N1CCCC(Nc2ccc(F)c(F)c2)C1. The van der Waals surface area contributed by atoms with Gasteiger partial charge < -0.3 is 15.2 Å². The number of aromatic amines is 2. The van der Waals surface area contributed by atoms with Gasteiger partial charge in [0, 0.05) is 42.1 Å². The quantitative estimate of drug-likeness (QED) is 0.747. The molecule has 1 saturated heterocycles. The molecule has 0 spiro atoms. The molecule has 0 bridgehead atoms. The van der Waals surface area contributed by atoms with E-state index in [2.05, 4.69) is 15.3 Å². The molecule has 1 aliphatic heterocycles. The van der Waals surface area contributed by atoms with Crippen molar-refractivity contribution >= 4 is 11.6 Å². The number of nitrogens with one attached hydrogen (secondary N) is 3. The number of H-pyrrole nitrogens is 2. The zero-order valence-corrected chi connectivity index (χ0v) is 14.8. The van der Waals surface area contributed by atoms with Gasteiger partial charge in [-0.25, -0.2) is 13.6 Å². The number of piperidine rings is 1. The highest BCUT2D eigenvalue weighted by molar-refractivity contribution is 5.79. The summed E-state index contributed by atoms with van der Waals surface area (Å²) in [5.74, 6) is -2.08. The van der Waals surface area contributed by atoms with Crippen molar-refractivity contribution in [2.75, 3.05) is 18.4 Å². The number of aromatic nitrogens is 2. The van der Waals surface area contributed by atoms with Crippen LogP contribution in [-0.2, 0) is 11.2 Å². The van der Waals surface area contributed by atoms with E-state index in [1.165, 1.54) is 6.07 Å². The van der Waals surface area contributed by atoms with E-state index in [-0.39, 0.29) is 23.9 Å². The van der Waals surface area contributed by atoms with Crippen LogP contribution in [0.3, 0.4) is 0 Å². The van der Waals surface area contributed by atoms with Crippen molar-refractivity contribution in [1.82, 2.24) is 14.9 Å². The molecule has 9 heteroatoms. The number of benzene rings is 1. The predicted octanol–water partition coefficient (Wildman–Crippen LogP) is 1.30. The van der Waals surface area contributed by atoms with Gasteiger partial charge in [-0.3, -0.25) is 14.6 Å². The summed E-state index contributed by atoms with van der Waals surface area (Å²) in [6, 6.07) is 3.47. The van der Waals surface area contributed by atoms with Crippen LogP contribution in [0.2, 0.25) is 0 Å². The van der Waals surface area contributed by atoms with Crippen LogP contribution >= 0.6 is 0 Å². The lowest BCUT2D eigenvalue weighted by Crippen LogP contribution is -2.46. The van der Waals surface area contributed by atoms with E-state index in [1.54, 1.807) is 11.8 Å². The van der Waals surface area contributed by atoms with Crippen molar-refractivity contribution in [2.45, 2.75) is 32.2 Å². The molecule has 1 aromatic carbocycles. The van der Waals surface area contributed by atoms with Gasteiger partial charge >= 0.3 is 5.69 Å². The number of anilines is 1. The number of hydrogen-bond acceptors (Lipinski definition) is 4. The minimum absolute atomic E-state index is 0.109. The Kier molecular flexibility index (Phi) is 5.38. The molecule has 1 amide bonds. The zero-order chi connectivity index (χ0) is 19.6. The fourth-order valence-corrected chi connectivity index (χ4v) is 3.24. The summed E-state index contributed by atoms with van der Waals surface area (Å²) in [5.41, 5.74) is -0.137. The second-order valence-corrected chi connectivity index (χ2v) is 6.64. The Hall–Kier alpha value is -2.97. The molecule has 27 heavy (non-hydrogen) atoms. The van der Waals surface area contributed by atoms with Crippen LogP contribution in [0.15, 0.2) is 27.8 Å². The number of rotatable bonds is 4. The van der Waals surface area contributed by atoms with Crippen LogP contribution < -0.4 is 16.6 Å². The molecule has 7 nitrogen and oxygen atoms in total. The fourth-order valence-electron chi connectivity index (χ4n) is 3.24. The number of carbonyl (C=O) groups is 1. The second kappa shape index (κ2) is 7.73. The minimum Gasteiger partial charge on any atom is -0.380 e. The van der Waals surface area contributed by atoms with Gasteiger partial charge in [0.15, 0.2) is 11.6 Å². The van der Waals surface area contributed by atoms with Gasteiger partial charge in [-0.2, -0.15) is 0 Å². The molecule has 1 aliphatic rings. The molecule has 3 rings (SSSR count). The van der Waals surface area contributed by atoms with Gasteiger partial charge in [-0.1, -0.05) is 0 Å². The van der Waals surface area contributed by atoms with E-state index < -0.39 is 22.9 Å². The molecule has 0 aliphatic carbocycles. The first-order chi connectivity index (χ1) is 12.8. The normalized spacial score (nSPS) is 17.0. The highest BCUT2D eigenvalue weighted by Gasteiger charge is 2.25. The molecule has 0 radical (unpaired) electrons. The molecule has 1 fully saturated rings. The predicted molar refractivity (Wildman–Crippen MR) is 95.7 cm³/mol. The summed E-state index contributed by atoms with van der Waals surface area (Å²) in [5, 5.41) is 3.11. The van der Waals surface area contributed by atoms with Gasteiger partial charge in [0.05, 0.1) is 6.42 Å². The van der Waals surface area contributed by atoms with Gasteiger partial charge in [-0.05, 0) is 31.9 Å². The minimum atomic E-state index is -0.934. The number of carbonyl (C=O) groups excluding carboxylic acids is 1. The van der Waals surface area contributed by atoms with Crippen molar-refractivity contribution in [2.24, 2.45) is 0 Å². The number of amides is 1. The lowest BCUT2D eigenvalue weighted by atomic mass is 10.0. The summed E-state index contributed by atoms with van der Waals surface area (Å²) >= 11 is 0. The van der Waals surface area contributed by atoms with E-state index in [9.17, 15) is 23.2 Å². The summed E-state index contributed by atoms with van der Waals surface area (Å²) < 4.78 is 26.4. The Morgan fingerprint density at radius 1 is 1.26 bits per heavy atom. The number of aryl methyl sites for hydroxylation is 1. The molecule has 1 atom stereocenters. The third-order valence-corrected chi connectivity index (χ3v) is 4.65. The molecular formula is C18H20F2N4O3. The van der Waals surface area contributed by atoms with Gasteiger partial charge in [0.1, 0.15) is 0 Å². The molecule has 3 N–H and O–H groups in total. The average Bonchev–Trinajstić information content (AvgIpc) is 2.61. The Balaban J connectivity index is 1.67. The van der Waals surface area contributed by atoms with E-state index in [4.69, 9.17) is 0 Å². The summed E-state index contributed by atoms with van der Waals surface area (Å²) in [6.45, 7) is 2.51. The van der Waals surface area contributed by atoms with Crippen LogP contribution in [0.1, 0.15) is 24.1 Å². The third kappa shape index (κ3) is 4.42. The Bertz CT molecular complexity index is 970. The third-order valence-electron chi connectivity index (χ3n) is 4.65. The molecule has 2 aromatic rings. The highest BCUT2D eigenvalue weighted by Crippen LogP contribution is 2.19. The molecule has 1 aromatic heterocycles. The number of likely N-dealkylation sites (tertiary alicyclic amines) is 1. The second-order valence-electron chi connectivity index (χ2n) is 6.64. The van der Waals surface area contributed by atoms with Crippen molar-refractivity contribution in [3.63, 3.8) is 0 Å². The van der Waals surface area contributed by atoms with E-state index >= 15 is 0 Å². The van der Waals surface area contributed by atoms with E-state index in [1.807, 2.05) is 0 Å². The topological polar surface area (TPSA) is 98.1 Å². The van der Waals surface area contributed by atoms with Crippen molar-refractivity contribution in [1.29, 1.82) is 0 Å². The lowest BCUT2D eigenvalue weighted by Gasteiger charge is -2.34. The first kappa shape index (κ1) is 18.8. The van der Waals surface area contributed by atoms with Crippen LogP contribution in [0, 0.1) is 18.6 Å². The average molecular weight is 378 g/mol. The molecule has 2 heterocycles. The highest BCUT2D eigenvalue weighted by atomic mass is 19.2. The lowest BCUT2D eigenvalue weighted by molar-refractivity contribution is -0.131. The molecular weight excluding hydrogens is 358 g/mol. The van der Waals surface area contributed by atoms with Gasteiger partial charge in [0.25, 0.3) is 5.56 Å². The molecule has 144 valence electrons. The molecule has 1 unspecified atom stereocenters. The smallest absolute Gasteiger partial charge is 0.325 e. The summed E-state index contributed by atoms with van der Waals surface area (Å²) in [7, 11) is 0. The Morgan fingerprint density at radius 3 is 2.74 bits per heavy atom. The van der Waals surface area contributed by atoms with E-state index in [0.29, 0.717) is 24.5 Å². The van der Waals surface area contributed by atoms with Gasteiger partial charge in [-0.15, -0.1) is 0 Å². The van der Waals surface area contributed by atoms with Crippen molar-refractivity contribution in [3.05, 3.63) is 61.9 Å². The van der Waals surface area contributed by atoms with Crippen LogP contribution in [0.4, 0.5) is 14.5 Å². The monoisotopic (exact) mass is 378 g/mol.